The predicted octanol–water partition coefficient (Wildman–Crippen LogP) is 0.800. The molecule has 0 spiro atoms. The van der Waals surface area contributed by atoms with Crippen molar-refractivity contribution in [1.29, 1.82) is 0 Å². The molecule has 0 bridgehead atoms. The van der Waals surface area contributed by atoms with Crippen LogP contribution in [-0.2, 0) is 20.2 Å². The highest BCUT2D eigenvalue weighted by molar-refractivity contribution is 7.90. The molecule has 3 N–H and O–H groups in total. The highest BCUT2D eigenvalue weighted by atomic mass is 32.2. The van der Waals surface area contributed by atoms with Crippen molar-refractivity contribution in [3.05, 3.63) is 35.9 Å². The second kappa shape index (κ2) is 6.37. The molecule has 0 saturated carbocycles. The number of sulfone groups is 1. The van der Waals surface area contributed by atoms with Crippen LogP contribution in [0.1, 0.15) is 25.8 Å². The Bertz CT molecular complexity index is 553. The standard InChI is InChI=1S/C14H22N2O3S/c1-11(9-10-20(3,18)19)16-13(17)14(2,15)12-7-5-4-6-8-12/h4-8,11H,9-10,15H2,1-3H3,(H,16,17). The molecule has 0 saturated heterocycles. The van der Waals surface area contributed by atoms with E-state index in [-0.39, 0.29) is 17.7 Å². The number of rotatable bonds is 6. The number of nitrogens with two attached hydrogens (primary N) is 1. The maximum Gasteiger partial charge on any atom is 0.244 e. The minimum Gasteiger partial charge on any atom is -0.352 e. The Morgan fingerprint density at radius 1 is 1.35 bits per heavy atom. The highest BCUT2D eigenvalue weighted by Gasteiger charge is 2.31. The van der Waals surface area contributed by atoms with Gasteiger partial charge in [0.2, 0.25) is 5.91 Å². The first-order chi connectivity index (χ1) is 9.13. The first kappa shape index (κ1) is 16.7. The summed E-state index contributed by atoms with van der Waals surface area (Å²) in [4.78, 5) is 12.2. The summed E-state index contributed by atoms with van der Waals surface area (Å²) in [6.07, 6.45) is 1.55. The normalized spacial score (nSPS) is 16.2. The third-order valence-electron chi connectivity index (χ3n) is 3.14. The third kappa shape index (κ3) is 4.94. The summed E-state index contributed by atoms with van der Waals surface area (Å²) >= 11 is 0. The van der Waals surface area contributed by atoms with Crippen molar-refractivity contribution in [3.8, 4) is 0 Å². The van der Waals surface area contributed by atoms with Crippen molar-refractivity contribution in [3.63, 3.8) is 0 Å². The Morgan fingerprint density at radius 2 is 1.90 bits per heavy atom. The summed E-state index contributed by atoms with van der Waals surface area (Å²) in [5, 5.41) is 2.76. The van der Waals surface area contributed by atoms with Crippen LogP contribution in [-0.4, -0.2) is 32.4 Å². The van der Waals surface area contributed by atoms with Crippen molar-refractivity contribution in [2.75, 3.05) is 12.0 Å². The van der Waals surface area contributed by atoms with Crippen LogP contribution < -0.4 is 11.1 Å². The van der Waals surface area contributed by atoms with Crippen LogP contribution >= 0.6 is 0 Å². The number of amides is 1. The molecule has 0 heterocycles. The van der Waals surface area contributed by atoms with Gasteiger partial charge in [-0.05, 0) is 25.8 Å². The van der Waals surface area contributed by atoms with Crippen LogP contribution in [0, 0.1) is 0 Å². The van der Waals surface area contributed by atoms with Gasteiger partial charge in [-0.2, -0.15) is 0 Å². The first-order valence-corrected chi connectivity index (χ1v) is 8.52. The molecule has 0 aliphatic carbocycles. The van der Waals surface area contributed by atoms with E-state index in [1.54, 1.807) is 26.0 Å². The molecule has 0 aromatic heterocycles. The Morgan fingerprint density at radius 3 is 2.40 bits per heavy atom. The fraction of sp³-hybridized carbons (Fsp3) is 0.500. The van der Waals surface area contributed by atoms with Crippen LogP contribution in [0.25, 0.3) is 0 Å². The van der Waals surface area contributed by atoms with Gasteiger partial charge in [0, 0.05) is 12.3 Å². The largest absolute Gasteiger partial charge is 0.352 e. The molecule has 1 aromatic rings. The topological polar surface area (TPSA) is 89.3 Å². The van der Waals surface area contributed by atoms with Crippen LogP contribution in [0.3, 0.4) is 0 Å². The average Bonchev–Trinajstić information content (AvgIpc) is 2.36. The van der Waals surface area contributed by atoms with E-state index in [1.165, 1.54) is 6.26 Å². The molecule has 1 rings (SSSR count). The van der Waals surface area contributed by atoms with Crippen LogP contribution in [0.4, 0.5) is 0 Å². The van der Waals surface area contributed by atoms with E-state index in [1.807, 2.05) is 18.2 Å². The number of benzene rings is 1. The number of hydrogen-bond donors (Lipinski definition) is 2. The minimum absolute atomic E-state index is 0.0427. The smallest absolute Gasteiger partial charge is 0.244 e. The molecule has 0 aliphatic rings. The molecule has 1 aromatic carbocycles. The molecular weight excluding hydrogens is 276 g/mol. The summed E-state index contributed by atoms with van der Waals surface area (Å²) in [6.45, 7) is 3.41. The number of nitrogens with one attached hydrogen (secondary N) is 1. The van der Waals surface area contributed by atoms with Gasteiger partial charge >= 0.3 is 0 Å². The van der Waals surface area contributed by atoms with Crippen molar-refractivity contribution in [1.82, 2.24) is 5.32 Å². The quantitative estimate of drug-likeness (QED) is 0.813. The van der Waals surface area contributed by atoms with Crippen LogP contribution in [0.2, 0.25) is 0 Å². The molecule has 2 unspecified atom stereocenters. The molecule has 0 fully saturated rings. The molecular formula is C14H22N2O3S. The molecule has 5 nitrogen and oxygen atoms in total. The Kier molecular flexibility index (Phi) is 5.30. The number of carbonyl (C=O) groups excluding carboxylic acids is 1. The minimum atomic E-state index is -3.03. The lowest BCUT2D eigenvalue weighted by molar-refractivity contribution is -0.126. The van der Waals surface area contributed by atoms with E-state index in [0.29, 0.717) is 12.0 Å². The number of hydrogen-bond acceptors (Lipinski definition) is 4. The maximum absolute atomic E-state index is 12.2. The zero-order chi connectivity index (χ0) is 15.4. The Balaban J connectivity index is 2.66. The van der Waals surface area contributed by atoms with E-state index in [4.69, 9.17) is 5.73 Å². The lowest BCUT2D eigenvalue weighted by atomic mass is 9.92. The third-order valence-corrected chi connectivity index (χ3v) is 4.12. The van der Waals surface area contributed by atoms with Gasteiger partial charge < -0.3 is 11.1 Å². The summed E-state index contributed by atoms with van der Waals surface area (Å²) in [5.41, 5.74) is 5.66. The highest BCUT2D eigenvalue weighted by Crippen LogP contribution is 2.17. The van der Waals surface area contributed by atoms with E-state index in [2.05, 4.69) is 5.32 Å². The van der Waals surface area contributed by atoms with E-state index < -0.39 is 15.4 Å². The van der Waals surface area contributed by atoms with Crippen LogP contribution in [0.15, 0.2) is 30.3 Å². The molecule has 1 amide bonds. The molecule has 0 aliphatic heterocycles. The van der Waals surface area contributed by atoms with Gasteiger partial charge in [0.15, 0.2) is 0 Å². The van der Waals surface area contributed by atoms with Crippen molar-refractivity contribution in [2.24, 2.45) is 5.73 Å². The van der Waals surface area contributed by atoms with Gasteiger partial charge in [-0.1, -0.05) is 30.3 Å². The van der Waals surface area contributed by atoms with E-state index in [9.17, 15) is 13.2 Å². The molecule has 112 valence electrons. The van der Waals surface area contributed by atoms with Crippen molar-refractivity contribution < 1.29 is 13.2 Å². The summed E-state index contributed by atoms with van der Waals surface area (Å²) < 4.78 is 22.2. The Labute approximate surface area is 120 Å². The lowest BCUT2D eigenvalue weighted by Crippen LogP contribution is -2.51. The first-order valence-electron chi connectivity index (χ1n) is 6.46. The van der Waals surface area contributed by atoms with E-state index >= 15 is 0 Å². The fourth-order valence-electron chi connectivity index (χ4n) is 1.75. The second-order valence-corrected chi connectivity index (χ2v) is 7.62. The lowest BCUT2D eigenvalue weighted by Gasteiger charge is -2.26. The predicted molar refractivity (Wildman–Crippen MR) is 79.9 cm³/mol. The number of carbonyl (C=O) groups is 1. The van der Waals surface area contributed by atoms with Gasteiger partial charge in [-0.25, -0.2) is 8.42 Å². The average molecular weight is 298 g/mol. The van der Waals surface area contributed by atoms with Gasteiger partial charge in [-0.3, -0.25) is 4.79 Å². The molecule has 2 atom stereocenters. The monoisotopic (exact) mass is 298 g/mol. The van der Waals surface area contributed by atoms with E-state index in [0.717, 1.165) is 0 Å². The summed E-state index contributed by atoms with van der Waals surface area (Å²) in [5.74, 6) is -0.272. The molecule has 0 radical (unpaired) electrons. The zero-order valence-corrected chi connectivity index (χ0v) is 12.9. The maximum atomic E-state index is 12.2. The summed E-state index contributed by atoms with van der Waals surface area (Å²) in [7, 11) is -3.03. The van der Waals surface area contributed by atoms with Gasteiger partial charge in [-0.15, -0.1) is 0 Å². The molecule has 6 heteroatoms. The van der Waals surface area contributed by atoms with Gasteiger partial charge in [0.1, 0.15) is 15.4 Å². The molecule has 20 heavy (non-hydrogen) atoms. The van der Waals surface area contributed by atoms with Gasteiger partial charge in [0.05, 0.1) is 5.75 Å². The van der Waals surface area contributed by atoms with Crippen molar-refractivity contribution >= 4 is 15.7 Å². The SMILES string of the molecule is CC(CCS(C)(=O)=O)NC(=O)C(C)(N)c1ccccc1. The summed E-state index contributed by atoms with van der Waals surface area (Å²) in [6, 6.07) is 8.83. The van der Waals surface area contributed by atoms with Crippen LogP contribution in [0.5, 0.6) is 0 Å². The van der Waals surface area contributed by atoms with Crippen molar-refractivity contribution in [2.45, 2.75) is 31.8 Å². The zero-order valence-electron chi connectivity index (χ0n) is 12.1. The Hall–Kier alpha value is -1.40. The fourth-order valence-corrected chi connectivity index (χ4v) is 2.53. The van der Waals surface area contributed by atoms with Gasteiger partial charge in [0.25, 0.3) is 0 Å². The second-order valence-electron chi connectivity index (χ2n) is 5.36.